The quantitative estimate of drug-likeness (QED) is 0.523. The lowest BCUT2D eigenvalue weighted by atomic mass is 10.0. The fraction of sp³-hybridized carbons (Fsp3) is 0.182. The molecule has 5 rings (SSSR count). The number of ether oxygens (including phenoxy) is 2. The third-order valence-corrected chi connectivity index (χ3v) is 5.17. The third kappa shape index (κ3) is 3.64. The number of aromatic amines is 1. The van der Waals surface area contributed by atoms with Crippen LogP contribution in [-0.4, -0.2) is 33.7 Å². The van der Waals surface area contributed by atoms with Crippen molar-refractivity contribution in [1.82, 2.24) is 19.9 Å². The maximum atomic E-state index is 6.09. The number of hydrogen-bond donors (Lipinski definition) is 1. The SMILES string of the molecule is CN(Cc1ncc[nH]1)Cc1cc2cc3c(cc2nc1-c1ccc(Cl)cc1)OCO3. The van der Waals surface area contributed by atoms with E-state index in [4.69, 9.17) is 26.1 Å². The Morgan fingerprint density at radius 2 is 1.86 bits per heavy atom. The van der Waals surface area contributed by atoms with Gasteiger partial charge in [0.25, 0.3) is 0 Å². The van der Waals surface area contributed by atoms with Gasteiger partial charge in [0, 0.05) is 41.0 Å². The number of hydrogen-bond acceptors (Lipinski definition) is 5. The number of H-pyrrole nitrogens is 1. The molecule has 1 aliphatic rings. The highest BCUT2D eigenvalue weighted by molar-refractivity contribution is 6.30. The Morgan fingerprint density at radius 3 is 2.62 bits per heavy atom. The Labute approximate surface area is 173 Å². The summed E-state index contributed by atoms with van der Waals surface area (Å²) in [5.41, 5.74) is 3.94. The van der Waals surface area contributed by atoms with Gasteiger partial charge in [-0.05, 0) is 36.9 Å². The molecular formula is C22H19ClN4O2. The minimum absolute atomic E-state index is 0.244. The second-order valence-corrected chi connectivity index (χ2v) is 7.55. The van der Waals surface area contributed by atoms with Gasteiger partial charge in [-0.1, -0.05) is 23.7 Å². The van der Waals surface area contributed by atoms with Crippen LogP contribution in [0.1, 0.15) is 11.4 Å². The molecule has 0 atom stereocenters. The fourth-order valence-electron chi connectivity index (χ4n) is 3.57. The molecule has 4 aromatic rings. The van der Waals surface area contributed by atoms with Crippen LogP contribution in [-0.2, 0) is 13.1 Å². The zero-order valence-electron chi connectivity index (χ0n) is 15.9. The summed E-state index contributed by atoms with van der Waals surface area (Å²) >= 11 is 6.09. The van der Waals surface area contributed by atoms with Gasteiger partial charge in [-0.15, -0.1) is 0 Å². The number of fused-ring (bicyclic) bond motifs is 2. The molecule has 0 aliphatic carbocycles. The number of halogens is 1. The Morgan fingerprint density at radius 1 is 1.07 bits per heavy atom. The summed E-state index contributed by atoms with van der Waals surface area (Å²) in [6.45, 7) is 1.68. The predicted molar refractivity (Wildman–Crippen MR) is 112 cm³/mol. The summed E-state index contributed by atoms with van der Waals surface area (Å²) in [4.78, 5) is 14.6. The molecule has 0 bridgehead atoms. The summed E-state index contributed by atoms with van der Waals surface area (Å²) in [5.74, 6) is 2.42. The number of nitrogens with zero attached hydrogens (tertiary/aromatic N) is 3. The van der Waals surface area contributed by atoms with Crippen LogP contribution in [0, 0.1) is 0 Å². The van der Waals surface area contributed by atoms with Crippen molar-refractivity contribution >= 4 is 22.5 Å². The molecule has 7 heteroatoms. The molecule has 0 unspecified atom stereocenters. The van der Waals surface area contributed by atoms with Crippen LogP contribution < -0.4 is 9.47 Å². The minimum atomic E-state index is 0.244. The van der Waals surface area contributed by atoms with Gasteiger partial charge < -0.3 is 14.5 Å². The van der Waals surface area contributed by atoms with E-state index in [1.165, 1.54) is 0 Å². The average Bonchev–Trinajstić information content (AvgIpc) is 3.38. The largest absolute Gasteiger partial charge is 0.454 e. The van der Waals surface area contributed by atoms with Crippen LogP contribution in [0.2, 0.25) is 5.02 Å². The third-order valence-electron chi connectivity index (χ3n) is 4.92. The second kappa shape index (κ2) is 7.39. The van der Waals surface area contributed by atoms with Crippen molar-refractivity contribution in [3.8, 4) is 22.8 Å². The van der Waals surface area contributed by atoms with E-state index in [1.807, 2.05) is 42.6 Å². The Hall–Kier alpha value is -3.09. The number of pyridine rings is 1. The van der Waals surface area contributed by atoms with Crippen molar-refractivity contribution in [3.05, 3.63) is 71.3 Å². The first-order chi connectivity index (χ1) is 14.2. The number of nitrogens with one attached hydrogen (secondary N) is 1. The predicted octanol–water partition coefficient (Wildman–Crippen LogP) is 4.64. The maximum absolute atomic E-state index is 6.09. The van der Waals surface area contributed by atoms with E-state index in [1.54, 1.807) is 6.20 Å². The van der Waals surface area contributed by atoms with Gasteiger partial charge in [0.05, 0.1) is 17.8 Å². The lowest BCUT2D eigenvalue weighted by molar-refractivity contribution is 0.174. The molecular weight excluding hydrogens is 388 g/mol. The topological polar surface area (TPSA) is 63.3 Å². The molecule has 1 N–H and O–H groups in total. The molecule has 3 heterocycles. The summed E-state index contributed by atoms with van der Waals surface area (Å²) in [6.07, 6.45) is 3.60. The first kappa shape index (κ1) is 18.0. The van der Waals surface area contributed by atoms with Crippen LogP contribution in [0.3, 0.4) is 0 Å². The van der Waals surface area contributed by atoms with Crippen LogP contribution in [0.15, 0.2) is 54.9 Å². The van der Waals surface area contributed by atoms with Crippen molar-refractivity contribution in [2.75, 3.05) is 13.8 Å². The number of aromatic nitrogens is 3. The van der Waals surface area contributed by atoms with Crippen LogP contribution >= 0.6 is 11.6 Å². The van der Waals surface area contributed by atoms with Crippen molar-refractivity contribution in [1.29, 1.82) is 0 Å². The number of imidazole rings is 1. The van der Waals surface area contributed by atoms with E-state index in [0.717, 1.165) is 51.6 Å². The van der Waals surface area contributed by atoms with Crippen LogP contribution in [0.25, 0.3) is 22.2 Å². The summed E-state index contributed by atoms with van der Waals surface area (Å²) in [5, 5.41) is 1.72. The highest BCUT2D eigenvalue weighted by Gasteiger charge is 2.18. The molecule has 0 saturated heterocycles. The molecule has 0 radical (unpaired) electrons. The zero-order valence-corrected chi connectivity index (χ0v) is 16.6. The van der Waals surface area contributed by atoms with Crippen molar-refractivity contribution in [3.63, 3.8) is 0 Å². The molecule has 0 fully saturated rings. The smallest absolute Gasteiger partial charge is 0.231 e. The van der Waals surface area contributed by atoms with Gasteiger partial charge >= 0.3 is 0 Å². The molecule has 1 aliphatic heterocycles. The van der Waals surface area contributed by atoms with Gasteiger partial charge in [-0.25, -0.2) is 9.97 Å². The highest BCUT2D eigenvalue weighted by Crippen LogP contribution is 2.37. The second-order valence-electron chi connectivity index (χ2n) is 7.11. The summed E-state index contributed by atoms with van der Waals surface area (Å²) in [7, 11) is 2.07. The van der Waals surface area contributed by atoms with E-state index in [0.29, 0.717) is 11.6 Å². The standard InChI is InChI=1S/C22H19ClN4O2/c1-27(12-21-24-6-7-25-21)11-16-8-15-9-19-20(29-13-28-19)10-18(15)26-22(16)14-2-4-17(23)5-3-14/h2-10H,11-13H2,1H3,(H,24,25). The van der Waals surface area contributed by atoms with Crippen LogP contribution in [0.5, 0.6) is 11.5 Å². The van der Waals surface area contributed by atoms with Crippen LogP contribution in [0.4, 0.5) is 0 Å². The minimum Gasteiger partial charge on any atom is -0.454 e. The van der Waals surface area contributed by atoms with Gasteiger partial charge in [0.2, 0.25) is 6.79 Å². The van der Waals surface area contributed by atoms with Gasteiger partial charge in [0.15, 0.2) is 11.5 Å². The number of benzene rings is 2. The molecule has 146 valence electrons. The van der Waals surface area contributed by atoms with E-state index >= 15 is 0 Å². The van der Waals surface area contributed by atoms with E-state index in [9.17, 15) is 0 Å². The molecule has 0 amide bonds. The average molecular weight is 407 g/mol. The lowest BCUT2D eigenvalue weighted by Crippen LogP contribution is -2.18. The summed E-state index contributed by atoms with van der Waals surface area (Å²) < 4.78 is 11.1. The number of rotatable bonds is 5. The molecule has 0 spiro atoms. The maximum Gasteiger partial charge on any atom is 0.231 e. The molecule has 2 aromatic carbocycles. The first-order valence-electron chi connectivity index (χ1n) is 9.32. The zero-order chi connectivity index (χ0) is 19.8. The first-order valence-corrected chi connectivity index (χ1v) is 9.69. The Bertz CT molecular complexity index is 1160. The van der Waals surface area contributed by atoms with E-state index in [-0.39, 0.29) is 6.79 Å². The van der Waals surface area contributed by atoms with Crippen molar-refractivity contribution in [2.24, 2.45) is 0 Å². The molecule has 2 aromatic heterocycles. The van der Waals surface area contributed by atoms with Crippen molar-refractivity contribution < 1.29 is 9.47 Å². The van der Waals surface area contributed by atoms with Crippen molar-refractivity contribution in [2.45, 2.75) is 13.1 Å². The highest BCUT2D eigenvalue weighted by atomic mass is 35.5. The van der Waals surface area contributed by atoms with E-state index < -0.39 is 0 Å². The monoisotopic (exact) mass is 406 g/mol. The molecule has 6 nitrogen and oxygen atoms in total. The Balaban J connectivity index is 1.58. The normalized spacial score (nSPS) is 12.8. The fourth-order valence-corrected chi connectivity index (χ4v) is 3.70. The van der Waals surface area contributed by atoms with Gasteiger partial charge in [0.1, 0.15) is 5.82 Å². The molecule has 0 saturated carbocycles. The lowest BCUT2D eigenvalue weighted by Gasteiger charge is -2.18. The van der Waals surface area contributed by atoms with E-state index in [2.05, 4.69) is 28.0 Å². The summed E-state index contributed by atoms with van der Waals surface area (Å²) in [6, 6.07) is 13.9. The van der Waals surface area contributed by atoms with Gasteiger partial charge in [-0.2, -0.15) is 0 Å². The van der Waals surface area contributed by atoms with Gasteiger partial charge in [-0.3, -0.25) is 4.90 Å². The Kier molecular flexibility index (Phi) is 4.58. The molecule has 29 heavy (non-hydrogen) atoms.